The van der Waals surface area contributed by atoms with Gasteiger partial charge in [-0.1, -0.05) is 12.2 Å². The van der Waals surface area contributed by atoms with E-state index in [0.29, 0.717) is 5.01 Å². The van der Waals surface area contributed by atoms with Crippen LogP contribution in [-0.2, 0) is 10.0 Å². The molecule has 5 nitrogen and oxygen atoms in total. The van der Waals surface area contributed by atoms with Crippen molar-refractivity contribution >= 4 is 38.6 Å². The van der Waals surface area contributed by atoms with Gasteiger partial charge in [-0.2, -0.15) is 4.31 Å². The van der Waals surface area contributed by atoms with Crippen molar-refractivity contribution in [3.63, 3.8) is 0 Å². The second-order valence-corrected chi connectivity index (χ2v) is 7.23. The lowest BCUT2D eigenvalue weighted by molar-refractivity contribution is 0.453. The predicted molar refractivity (Wildman–Crippen MR) is 68.0 cm³/mol. The molecule has 1 heterocycles. The van der Waals surface area contributed by atoms with Crippen LogP contribution in [-0.4, -0.2) is 35.8 Å². The van der Waals surface area contributed by atoms with Crippen molar-refractivity contribution in [2.24, 2.45) is 5.73 Å². The molecule has 16 heavy (non-hydrogen) atoms. The average Bonchev–Trinajstić information content (AvgIpc) is 2.62. The summed E-state index contributed by atoms with van der Waals surface area (Å²) in [7, 11) is -2.09. The number of likely N-dealkylation sites (N-methyl/N-ethyl adjacent to an activating group) is 1. The molecule has 0 radical (unpaired) electrons. The molecule has 1 aromatic rings. The van der Waals surface area contributed by atoms with Crippen LogP contribution in [0.4, 0.5) is 0 Å². The van der Waals surface area contributed by atoms with Crippen LogP contribution in [0.2, 0.25) is 0 Å². The Hall–Kier alpha value is -0.570. The highest BCUT2D eigenvalue weighted by Crippen LogP contribution is 2.22. The van der Waals surface area contributed by atoms with E-state index in [1.165, 1.54) is 13.2 Å². The van der Waals surface area contributed by atoms with Gasteiger partial charge in [0.1, 0.15) is 0 Å². The number of thiocarbonyl (C=S) groups is 1. The zero-order valence-electron chi connectivity index (χ0n) is 9.17. The molecule has 0 saturated heterocycles. The second-order valence-electron chi connectivity index (χ2n) is 3.30. The first kappa shape index (κ1) is 13.5. The minimum Gasteiger partial charge on any atom is -0.392 e. The maximum Gasteiger partial charge on any atom is 0.254 e. The van der Waals surface area contributed by atoms with Gasteiger partial charge in [-0.3, -0.25) is 0 Å². The molecule has 90 valence electrons. The van der Waals surface area contributed by atoms with Gasteiger partial charge in [-0.25, -0.2) is 13.4 Å². The number of aromatic nitrogens is 1. The minimum atomic E-state index is -3.54. The molecule has 0 amide bonds. The fourth-order valence-corrected chi connectivity index (χ4v) is 3.85. The topological polar surface area (TPSA) is 76.3 Å². The lowest BCUT2D eigenvalue weighted by atomic mass is 10.3. The van der Waals surface area contributed by atoms with Crippen LogP contribution in [0.1, 0.15) is 11.9 Å². The van der Waals surface area contributed by atoms with Crippen LogP contribution in [0.25, 0.3) is 0 Å². The quantitative estimate of drug-likeness (QED) is 0.823. The Morgan fingerprint density at radius 1 is 1.69 bits per heavy atom. The van der Waals surface area contributed by atoms with Gasteiger partial charge in [-0.05, 0) is 13.8 Å². The van der Waals surface area contributed by atoms with Crippen molar-refractivity contribution in [1.29, 1.82) is 0 Å². The van der Waals surface area contributed by atoms with Gasteiger partial charge in [-0.15, -0.1) is 11.3 Å². The summed E-state index contributed by atoms with van der Waals surface area (Å²) in [6, 6.07) is -0.512. The Morgan fingerprint density at radius 2 is 2.25 bits per heavy atom. The molecule has 0 fully saturated rings. The molecule has 8 heteroatoms. The first-order valence-electron chi connectivity index (χ1n) is 4.46. The van der Waals surface area contributed by atoms with E-state index in [9.17, 15) is 8.42 Å². The maximum atomic E-state index is 12.1. The molecular formula is C8H13N3O2S3. The van der Waals surface area contributed by atoms with E-state index in [4.69, 9.17) is 18.0 Å². The Bertz CT molecular complexity index is 494. The van der Waals surface area contributed by atoms with Gasteiger partial charge in [0.05, 0.1) is 22.2 Å². The fourth-order valence-electron chi connectivity index (χ4n) is 0.990. The summed E-state index contributed by atoms with van der Waals surface area (Å²) in [6.07, 6.45) is 1.35. The average molecular weight is 279 g/mol. The van der Waals surface area contributed by atoms with E-state index in [2.05, 4.69) is 4.98 Å². The number of rotatable bonds is 4. The fraction of sp³-hybridized carbons (Fsp3) is 0.500. The molecular weight excluding hydrogens is 266 g/mol. The number of sulfonamides is 1. The van der Waals surface area contributed by atoms with Gasteiger partial charge in [0.25, 0.3) is 10.0 Å². The number of hydrogen-bond acceptors (Lipinski definition) is 5. The van der Waals surface area contributed by atoms with Crippen LogP contribution in [0, 0.1) is 6.92 Å². The molecule has 2 N–H and O–H groups in total. The third-order valence-electron chi connectivity index (χ3n) is 2.19. The third-order valence-corrected chi connectivity index (χ3v) is 5.81. The van der Waals surface area contributed by atoms with E-state index in [0.717, 1.165) is 15.6 Å². The van der Waals surface area contributed by atoms with Crippen molar-refractivity contribution in [2.75, 3.05) is 7.05 Å². The highest BCUT2D eigenvalue weighted by molar-refractivity contribution is 7.91. The second kappa shape index (κ2) is 4.74. The molecule has 0 aliphatic rings. The van der Waals surface area contributed by atoms with Crippen LogP contribution < -0.4 is 5.73 Å². The van der Waals surface area contributed by atoms with E-state index in [1.54, 1.807) is 13.8 Å². The number of hydrogen-bond donors (Lipinski definition) is 1. The molecule has 1 unspecified atom stereocenters. The highest BCUT2D eigenvalue weighted by Gasteiger charge is 2.28. The van der Waals surface area contributed by atoms with Crippen molar-refractivity contribution in [1.82, 2.24) is 9.29 Å². The first-order chi connectivity index (χ1) is 7.26. The van der Waals surface area contributed by atoms with Gasteiger partial charge < -0.3 is 5.73 Å². The Balaban J connectivity index is 3.08. The van der Waals surface area contributed by atoms with Crippen molar-refractivity contribution in [2.45, 2.75) is 24.1 Å². The summed E-state index contributed by atoms with van der Waals surface area (Å²) in [5, 5.41) is 0.704. The SMILES string of the molecule is Cc1ncc(S(=O)(=O)N(C)C(C)C(N)=S)s1. The van der Waals surface area contributed by atoms with E-state index in [1.807, 2.05) is 0 Å². The normalized spacial score (nSPS) is 14.0. The molecule has 1 rings (SSSR count). The van der Waals surface area contributed by atoms with Gasteiger partial charge >= 0.3 is 0 Å². The van der Waals surface area contributed by atoms with E-state index in [-0.39, 0.29) is 9.20 Å². The Morgan fingerprint density at radius 3 is 2.62 bits per heavy atom. The summed E-state index contributed by atoms with van der Waals surface area (Å²) in [4.78, 5) is 4.06. The molecule has 0 saturated carbocycles. The molecule has 0 aromatic carbocycles. The number of nitrogens with two attached hydrogens (primary N) is 1. The van der Waals surface area contributed by atoms with Crippen LogP contribution >= 0.6 is 23.6 Å². The van der Waals surface area contributed by atoms with E-state index < -0.39 is 16.1 Å². The third kappa shape index (κ3) is 2.57. The minimum absolute atomic E-state index is 0.146. The summed E-state index contributed by atoms with van der Waals surface area (Å²) >= 11 is 5.91. The zero-order valence-corrected chi connectivity index (χ0v) is 11.6. The lowest BCUT2D eigenvalue weighted by Crippen LogP contribution is -2.42. The largest absolute Gasteiger partial charge is 0.392 e. The van der Waals surface area contributed by atoms with Gasteiger partial charge in [0, 0.05) is 7.05 Å². The Kier molecular flexibility index (Phi) is 4.00. The monoisotopic (exact) mass is 279 g/mol. The number of aryl methyl sites for hydroxylation is 1. The number of nitrogens with zero attached hydrogens (tertiary/aromatic N) is 2. The molecule has 0 bridgehead atoms. The van der Waals surface area contributed by atoms with Crippen LogP contribution in [0.15, 0.2) is 10.4 Å². The summed E-state index contributed by atoms with van der Waals surface area (Å²) in [5.41, 5.74) is 5.43. The van der Waals surface area contributed by atoms with Crippen molar-refractivity contribution < 1.29 is 8.42 Å². The van der Waals surface area contributed by atoms with Crippen molar-refractivity contribution in [3.05, 3.63) is 11.2 Å². The molecule has 0 aliphatic heterocycles. The van der Waals surface area contributed by atoms with E-state index >= 15 is 0 Å². The van der Waals surface area contributed by atoms with Gasteiger partial charge in [0.2, 0.25) is 0 Å². The Labute approximate surface area is 104 Å². The summed E-state index contributed by atoms with van der Waals surface area (Å²) in [5.74, 6) is 0. The van der Waals surface area contributed by atoms with Gasteiger partial charge in [0.15, 0.2) is 4.21 Å². The summed E-state index contributed by atoms with van der Waals surface area (Å²) in [6.45, 7) is 3.40. The lowest BCUT2D eigenvalue weighted by Gasteiger charge is -2.22. The highest BCUT2D eigenvalue weighted by atomic mass is 32.2. The zero-order chi connectivity index (χ0) is 12.5. The molecule has 1 aromatic heterocycles. The smallest absolute Gasteiger partial charge is 0.254 e. The van der Waals surface area contributed by atoms with Crippen LogP contribution in [0.3, 0.4) is 0 Å². The molecule has 0 aliphatic carbocycles. The first-order valence-corrected chi connectivity index (χ1v) is 7.13. The predicted octanol–water partition coefficient (Wildman–Crippen LogP) is 0.747. The number of thiazole rings is 1. The maximum absolute atomic E-state index is 12.1. The molecule has 1 atom stereocenters. The van der Waals surface area contributed by atoms with Crippen molar-refractivity contribution in [3.8, 4) is 0 Å². The standard InChI is InChI=1S/C8H13N3O2S3/c1-5(8(9)14)11(3)16(12,13)7-4-10-6(2)15-7/h4-5H,1-3H3,(H2,9,14). The van der Waals surface area contributed by atoms with Crippen LogP contribution in [0.5, 0.6) is 0 Å². The summed E-state index contributed by atoms with van der Waals surface area (Å²) < 4.78 is 25.5. The molecule has 0 spiro atoms.